The predicted molar refractivity (Wildman–Crippen MR) is 149 cm³/mol. The Bertz CT molecular complexity index is 639. The van der Waals surface area contributed by atoms with Gasteiger partial charge in [-0.25, -0.2) is 4.39 Å². The van der Waals surface area contributed by atoms with Crippen LogP contribution >= 0.6 is 0 Å². The Hall–Kier alpha value is -0.400. The van der Waals surface area contributed by atoms with Crippen molar-refractivity contribution in [1.82, 2.24) is 0 Å². The monoisotopic (exact) mass is 500 g/mol. The number of rotatable bonds is 8. The van der Waals surface area contributed by atoms with E-state index in [1.54, 1.807) is 0 Å². The molecule has 0 atom stereocenters. The van der Waals surface area contributed by atoms with E-state index in [1.807, 2.05) is 0 Å². The molecule has 2 heteroatoms. The van der Waals surface area contributed by atoms with E-state index in [-0.39, 0.29) is 0 Å². The van der Waals surface area contributed by atoms with E-state index < -0.39 is 17.0 Å². The first-order chi connectivity index (χ1) is 17.5. The molecule has 0 saturated heterocycles. The van der Waals surface area contributed by atoms with Crippen LogP contribution in [0.4, 0.5) is 4.39 Å². The Balaban J connectivity index is 1.07. The van der Waals surface area contributed by atoms with E-state index in [9.17, 15) is 4.79 Å². The quantitative estimate of drug-likeness (QED) is 0.324. The highest BCUT2D eigenvalue weighted by atomic mass is 19.1. The third-order valence-electron chi connectivity index (χ3n) is 12.8. The summed E-state index contributed by atoms with van der Waals surface area (Å²) in [5, 5.41) is 0. The minimum Gasteiger partial charge on any atom is -0.298 e. The molecule has 5 fully saturated rings. The van der Waals surface area contributed by atoms with Crippen LogP contribution in [-0.2, 0) is 4.79 Å². The summed E-state index contributed by atoms with van der Waals surface area (Å²) in [5.41, 5.74) is -1.14. The van der Waals surface area contributed by atoms with Gasteiger partial charge in [-0.15, -0.1) is 0 Å². The van der Waals surface area contributed by atoms with Crippen molar-refractivity contribution in [2.75, 3.05) is 0 Å². The minimum atomic E-state index is -0.839. The molecule has 0 aromatic rings. The molecular weight excluding hydrogens is 443 g/mol. The summed E-state index contributed by atoms with van der Waals surface area (Å²) in [5.74, 6) is 5.55. The molecular formula is C34H57FO. The van der Waals surface area contributed by atoms with Gasteiger partial charge in [0.2, 0.25) is 0 Å². The Kier molecular flexibility index (Phi) is 8.89. The molecule has 0 bridgehead atoms. The lowest BCUT2D eigenvalue weighted by molar-refractivity contribution is -0.194. The van der Waals surface area contributed by atoms with Crippen LogP contribution in [0, 0.1) is 46.3 Å². The van der Waals surface area contributed by atoms with Crippen molar-refractivity contribution < 1.29 is 9.18 Å². The van der Waals surface area contributed by atoms with E-state index in [0.717, 1.165) is 86.9 Å². The summed E-state index contributed by atoms with van der Waals surface area (Å²) >= 11 is 0. The summed E-state index contributed by atoms with van der Waals surface area (Å²) in [6.07, 6.45) is 26.6. The fraction of sp³-hybridized carbons (Fsp3) is 0.971. The van der Waals surface area contributed by atoms with Gasteiger partial charge in [-0.3, -0.25) is 4.79 Å². The van der Waals surface area contributed by atoms with Gasteiger partial charge in [-0.2, -0.15) is 0 Å². The molecule has 1 nitrogen and oxygen atoms in total. The molecule has 5 aliphatic rings. The molecule has 0 aliphatic heterocycles. The van der Waals surface area contributed by atoms with Crippen LogP contribution in [-0.4, -0.2) is 12.0 Å². The number of ketones is 1. The van der Waals surface area contributed by atoms with Gasteiger partial charge in [0.1, 0.15) is 6.17 Å². The van der Waals surface area contributed by atoms with Crippen molar-refractivity contribution in [1.29, 1.82) is 0 Å². The maximum atomic E-state index is 16.1. The predicted octanol–water partition coefficient (Wildman–Crippen LogP) is 10.3. The SMILES string of the molecule is CCCCC1CCC(C2CCC3(CC2)C(=O)C2(CCC(C4CCC(CCCC)CC4)CC2)C3F)CC1. The molecule has 0 aromatic carbocycles. The summed E-state index contributed by atoms with van der Waals surface area (Å²) < 4.78 is 16.1. The zero-order valence-electron chi connectivity index (χ0n) is 23.9. The summed E-state index contributed by atoms with van der Waals surface area (Å²) in [7, 11) is 0. The summed E-state index contributed by atoms with van der Waals surface area (Å²) in [6, 6.07) is 0. The average molecular weight is 501 g/mol. The lowest BCUT2D eigenvalue weighted by Crippen LogP contribution is -2.69. The first kappa shape index (κ1) is 27.2. The maximum absolute atomic E-state index is 16.1. The number of unbranched alkanes of at least 4 members (excludes halogenated alkanes) is 2. The molecule has 5 aliphatic carbocycles. The van der Waals surface area contributed by atoms with Gasteiger partial charge >= 0.3 is 0 Å². The fourth-order valence-corrected chi connectivity index (χ4v) is 10.3. The molecule has 0 N–H and O–H groups in total. The van der Waals surface area contributed by atoms with Crippen LogP contribution in [0.5, 0.6) is 0 Å². The molecule has 206 valence electrons. The van der Waals surface area contributed by atoms with Gasteiger partial charge < -0.3 is 0 Å². The minimum absolute atomic E-state index is 0.381. The number of hydrogen-bond donors (Lipinski definition) is 0. The second-order valence-corrected chi connectivity index (χ2v) is 14.5. The molecule has 0 radical (unpaired) electrons. The van der Waals surface area contributed by atoms with Crippen LogP contribution in [0.3, 0.4) is 0 Å². The third-order valence-corrected chi connectivity index (χ3v) is 12.8. The molecule has 2 spiro atoms. The van der Waals surface area contributed by atoms with Crippen molar-refractivity contribution in [3.05, 3.63) is 0 Å². The number of carbonyl (C=O) groups excluding carboxylic acids is 1. The first-order valence-corrected chi connectivity index (χ1v) is 16.7. The van der Waals surface area contributed by atoms with Gasteiger partial charge in [-0.1, -0.05) is 78.1 Å². The highest BCUT2D eigenvalue weighted by Gasteiger charge is 2.71. The number of carbonyl (C=O) groups is 1. The molecule has 36 heavy (non-hydrogen) atoms. The van der Waals surface area contributed by atoms with E-state index in [0.29, 0.717) is 5.78 Å². The molecule has 0 aromatic heterocycles. The highest BCUT2D eigenvalue weighted by Crippen LogP contribution is 2.66. The molecule has 0 heterocycles. The Morgan fingerprint density at radius 3 is 1.22 bits per heavy atom. The van der Waals surface area contributed by atoms with E-state index in [2.05, 4.69) is 13.8 Å². The number of Topliss-reactive ketones (excluding diaryl/α,β-unsaturated/α-hetero) is 1. The van der Waals surface area contributed by atoms with E-state index in [4.69, 9.17) is 0 Å². The van der Waals surface area contributed by atoms with Gasteiger partial charge in [0.05, 0.1) is 10.8 Å². The summed E-state index contributed by atoms with van der Waals surface area (Å²) in [6.45, 7) is 4.61. The van der Waals surface area contributed by atoms with Gasteiger partial charge in [0.25, 0.3) is 0 Å². The fourth-order valence-electron chi connectivity index (χ4n) is 10.3. The zero-order valence-corrected chi connectivity index (χ0v) is 23.9. The number of halogens is 1. The van der Waals surface area contributed by atoms with Crippen LogP contribution in [0.25, 0.3) is 0 Å². The van der Waals surface area contributed by atoms with Crippen molar-refractivity contribution in [2.45, 2.75) is 161 Å². The highest BCUT2D eigenvalue weighted by molar-refractivity contribution is 5.98. The lowest BCUT2D eigenvalue weighted by Gasteiger charge is -2.62. The first-order valence-electron chi connectivity index (χ1n) is 16.7. The van der Waals surface area contributed by atoms with Gasteiger partial charge in [-0.05, 0) is 113 Å². The second-order valence-electron chi connectivity index (χ2n) is 14.5. The Labute approximate surface area is 222 Å². The summed E-state index contributed by atoms with van der Waals surface area (Å²) in [4.78, 5) is 13.7. The molecule has 5 saturated carbocycles. The number of alkyl halides is 1. The largest absolute Gasteiger partial charge is 0.298 e. The van der Waals surface area contributed by atoms with Crippen molar-refractivity contribution >= 4 is 5.78 Å². The standard InChI is InChI=1S/C34H57FO/c1-3-5-7-25-9-13-27(14-10-25)29-17-21-33(22-18-29)31(35)34(32(33)36)23-19-30(20-24-34)28-15-11-26(12-16-28)8-6-4-2/h25-31H,3-24H2,1-2H3. The van der Waals surface area contributed by atoms with Crippen molar-refractivity contribution in [3.63, 3.8) is 0 Å². The van der Waals surface area contributed by atoms with Crippen LogP contribution < -0.4 is 0 Å². The normalized spacial score (nSPS) is 45.6. The van der Waals surface area contributed by atoms with E-state index in [1.165, 1.54) is 89.9 Å². The topological polar surface area (TPSA) is 17.1 Å². The molecule has 5 rings (SSSR count). The van der Waals surface area contributed by atoms with Crippen LogP contribution in [0.15, 0.2) is 0 Å². The Morgan fingerprint density at radius 2 is 0.917 bits per heavy atom. The van der Waals surface area contributed by atoms with Crippen molar-refractivity contribution in [3.8, 4) is 0 Å². The Morgan fingerprint density at radius 1 is 0.583 bits per heavy atom. The zero-order chi connectivity index (χ0) is 25.2. The average Bonchev–Trinajstić information content (AvgIpc) is 2.95. The van der Waals surface area contributed by atoms with Crippen LogP contribution in [0.1, 0.15) is 155 Å². The second kappa shape index (κ2) is 11.8. The molecule has 0 unspecified atom stereocenters. The van der Waals surface area contributed by atoms with E-state index >= 15 is 4.39 Å². The smallest absolute Gasteiger partial charge is 0.151 e. The van der Waals surface area contributed by atoms with Crippen LogP contribution in [0.2, 0.25) is 0 Å². The maximum Gasteiger partial charge on any atom is 0.151 e. The molecule has 0 amide bonds. The van der Waals surface area contributed by atoms with Gasteiger partial charge in [0, 0.05) is 0 Å². The van der Waals surface area contributed by atoms with Gasteiger partial charge in [0.15, 0.2) is 5.78 Å². The number of hydrogen-bond acceptors (Lipinski definition) is 1. The lowest BCUT2D eigenvalue weighted by atomic mass is 9.41. The van der Waals surface area contributed by atoms with Crippen molar-refractivity contribution in [2.24, 2.45) is 46.3 Å². The third kappa shape index (κ3) is 5.11.